The predicted octanol–water partition coefficient (Wildman–Crippen LogP) is 2.80. The molecule has 7 nitrogen and oxygen atoms in total. The first-order valence-corrected chi connectivity index (χ1v) is 7.26. The number of hydrogen-bond donors (Lipinski definition) is 1. The van der Waals surface area contributed by atoms with Crippen molar-refractivity contribution in [3.05, 3.63) is 45.8 Å². The molecule has 0 bridgehead atoms. The Kier molecular flexibility index (Phi) is 3.55. The molecule has 0 saturated heterocycles. The number of oxazole rings is 1. The number of carbonyl (C=O) groups is 1. The van der Waals surface area contributed by atoms with E-state index in [0.717, 1.165) is 0 Å². The number of para-hydroxylation sites is 1. The van der Waals surface area contributed by atoms with Gasteiger partial charge in [0.25, 0.3) is 5.91 Å². The van der Waals surface area contributed by atoms with Gasteiger partial charge in [-0.3, -0.25) is 9.36 Å². The van der Waals surface area contributed by atoms with Crippen LogP contribution in [0.1, 0.15) is 41.6 Å². The standard InChI is InChI=1S/C16H17N3O4/c1-8(2)13-12(9(3)18-23-13)17-15(20)10-6-5-7-11-14(10)22-16(21)19(11)4/h5-8H,1-4H3,(H,17,20). The number of aromatic nitrogens is 2. The van der Waals surface area contributed by atoms with E-state index < -0.39 is 5.76 Å². The van der Waals surface area contributed by atoms with Crippen LogP contribution in [0.4, 0.5) is 5.69 Å². The number of aryl methyl sites for hydroxylation is 2. The summed E-state index contributed by atoms with van der Waals surface area (Å²) in [5.41, 5.74) is 2.27. The van der Waals surface area contributed by atoms with E-state index in [9.17, 15) is 9.59 Å². The van der Waals surface area contributed by atoms with Crippen molar-refractivity contribution < 1.29 is 13.7 Å². The zero-order valence-corrected chi connectivity index (χ0v) is 13.3. The molecule has 1 amide bonds. The molecule has 1 N–H and O–H groups in total. The first-order valence-electron chi connectivity index (χ1n) is 7.26. The Bertz CT molecular complexity index is 946. The molecule has 3 aromatic rings. The largest absolute Gasteiger partial charge is 0.419 e. The van der Waals surface area contributed by atoms with Crippen molar-refractivity contribution in [2.24, 2.45) is 7.05 Å². The van der Waals surface area contributed by atoms with Crippen LogP contribution >= 0.6 is 0 Å². The summed E-state index contributed by atoms with van der Waals surface area (Å²) in [5, 5.41) is 6.71. The van der Waals surface area contributed by atoms with E-state index in [1.807, 2.05) is 13.8 Å². The molecule has 0 spiro atoms. The monoisotopic (exact) mass is 315 g/mol. The highest BCUT2D eigenvalue weighted by molar-refractivity contribution is 6.11. The molecule has 1 aromatic carbocycles. The molecule has 2 aromatic heterocycles. The van der Waals surface area contributed by atoms with Gasteiger partial charge in [0.2, 0.25) is 0 Å². The Labute approximate surface area is 131 Å². The van der Waals surface area contributed by atoms with Crippen LogP contribution in [-0.2, 0) is 7.05 Å². The van der Waals surface area contributed by atoms with Crippen molar-refractivity contribution in [3.63, 3.8) is 0 Å². The van der Waals surface area contributed by atoms with E-state index in [4.69, 9.17) is 8.94 Å². The van der Waals surface area contributed by atoms with Gasteiger partial charge in [0, 0.05) is 13.0 Å². The number of amides is 1. The molecule has 0 unspecified atom stereocenters. The smallest absolute Gasteiger partial charge is 0.407 e. The lowest BCUT2D eigenvalue weighted by molar-refractivity contribution is 0.102. The van der Waals surface area contributed by atoms with Crippen LogP contribution in [-0.4, -0.2) is 15.6 Å². The number of hydrogen-bond acceptors (Lipinski definition) is 5. The second-order valence-corrected chi connectivity index (χ2v) is 5.70. The third-order valence-electron chi connectivity index (χ3n) is 3.72. The van der Waals surface area contributed by atoms with Gasteiger partial charge < -0.3 is 14.3 Å². The first kappa shape index (κ1) is 15.1. The summed E-state index contributed by atoms with van der Waals surface area (Å²) in [7, 11) is 1.59. The number of nitrogens with one attached hydrogen (secondary N) is 1. The van der Waals surface area contributed by atoms with Crippen LogP contribution in [0.25, 0.3) is 11.1 Å². The first-order chi connectivity index (χ1) is 10.9. The molecule has 120 valence electrons. The number of fused-ring (bicyclic) bond motifs is 1. The Morgan fingerprint density at radius 3 is 2.78 bits per heavy atom. The van der Waals surface area contributed by atoms with Gasteiger partial charge in [-0.15, -0.1) is 0 Å². The molecule has 0 radical (unpaired) electrons. The highest BCUT2D eigenvalue weighted by Crippen LogP contribution is 2.28. The zero-order chi connectivity index (χ0) is 16.7. The van der Waals surface area contributed by atoms with Crippen LogP contribution in [0, 0.1) is 6.92 Å². The van der Waals surface area contributed by atoms with Crippen LogP contribution in [0.15, 0.2) is 31.9 Å². The van der Waals surface area contributed by atoms with Gasteiger partial charge >= 0.3 is 5.76 Å². The summed E-state index contributed by atoms with van der Waals surface area (Å²) in [4.78, 5) is 24.3. The number of anilines is 1. The van der Waals surface area contributed by atoms with Crippen molar-refractivity contribution in [3.8, 4) is 0 Å². The molecule has 0 atom stereocenters. The Balaban J connectivity index is 2.04. The van der Waals surface area contributed by atoms with Crippen LogP contribution in [0.3, 0.4) is 0 Å². The van der Waals surface area contributed by atoms with Gasteiger partial charge in [-0.2, -0.15) is 0 Å². The van der Waals surface area contributed by atoms with Gasteiger partial charge in [0.15, 0.2) is 11.3 Å². The summed E-state index contributed by atoms with van der Waals surface area (Å²) in [6.07, 6.45) is 0. The molecular weight excluding hydrogens is 298 g/mol. The zero-order valence-electron chi connectivity index (χ0n) is 13.3. The van der Waals surface area contributed by atoms with E-state index in [2.05, 4.69) is 10.5 Å². The van der Waals surface area contributed by atoms with Crippen molar-refractivity contribution in [1.29, 1.82) is 0 Å². The maximum atomic E-state index is 12.6. The second-order valence-electron chi connectivity index (χ2n) is 5.70. The predicted molar refractivity (Wildman–Crippen MR) is 84.7 cm³/mol. The number of carbonyl (C=O) groups excluding carboxylic acids is 1. The molecule has 3 rings (SSSR count). The number of rotatable bonds is 3. The van der Waals surface area contributed by atoms with Gasteiger partial charge in [-0.05, 0) is 19.1 Å². The van der Waals surface area contributed by atoms with E-state index in [-0.39, 0.29) is 23.0 Å². The molecule has 0 saturated carbocycles. The quantitative estimate of drug-likeness (QED) is 0.802. The van der Waals surface area contributed by atoms with E-state index >= 15 is 0 Å². The molecule has 2 heterocycles. The molecule has 0 fully saturated rings. The van der Waals surface area contributed by atoms with Crippen LogP contribution in [0.2, 0.25) is 0 Å². The lowest BCUT2D eigenvalue weighted by Crippen LogP contribution is -2.14. The average Bonchev–Trinajstić information content (AvgIpc) is 3.01. The van der Waals surface area contributed by atoms with Gasteiger partial charge in [-0.1, -0.05) is 25.1 Å². The lowest BCUT2D eigenvalue weighted by Gasteiger charge is -2.07. The Hall–Kier alpha value is -2.83. The molecule has 0 aliphatic carbocycles. The molecular formula is C16H17N3O4. The van der Waals surface area contributed by atoms with Crippen LogP contribution in [0.5, 0.6) is 0 Å². The van der Waals surface area contributed by atoms with Crippen molar-refractivity contribution in [1.82, 2.24) is 9.72 Å². The molecule has 0 aliphatic rings. The third kappa shape index (κ3) is 2.44. The SMILES string of the molecule is Cc1noc(C(C)C)c1NC(=O)c1cccc2c1oc(=O)n2C. The number of benzene rings is 1. The fraction of sp³-hybridized carbons (Fsp3) is 0.312. The van der Waals surface area contributed by atoms with E-state index in [1.165, 1.54) is 4.57 Å². The van der Waals surface area contributed by atoms with Gasteiger partial charge in [0.05, 0.1) is 11.1 Å². The van der Waals surface area contributed by atoms with E-state index in [1.54, 1.807) is 32.2 Å². The minimum Gasteiger partial charge on any atom is -0.407 e. The minimum absolute atomic E-state index is 0.0805. The summed E-state index contributed by atoms with van der Waals surface area (Å²) >= 11 is 0. The maximum Gasteiger partial charge on any atom is 0.419 e. The topological polar surface area (TPSA) is 90.3 Å². The van der Waals surface area contributed by atoms with Crippen molar-refractivity contribution in [2.75, 3.05) is 5.32 Å². The highest BCUT2D eigenvalue weighted by atomic mass is 16.5. The Morgan fingerprint density at radius 2 is 2.09 bits per heavy atom. The summed E-state index contributed by atoms with van der Waals surface area (Å²) in [5.74, 6) is -0.197. The fourth-order valence-electron chi connectivity index (χ4n) is 2.44. The third-order valence-corrected chi connectivity index (χ3v) is 3.72. The summed E-state index contributed by atoms with van der Waals surface area (Å²) in [6, 6.07) is 5.04. The number of nitrogens with zero attached hydrogens (tertiary/aromatic N) is 2. The fourth-order valence-corrected chi connectivity index (χ4v) is 2.44. The normalized spacial score (nSPS) is 11.3. The van der Waals surface area contributed by atoms with Crippen molar-refractivity contribution >= 4 is 22.7 Å². The average molecular weight is 315 g/mol. The van der Waals surface area contributed by atoms with Gasteiger partial charge in [0.1, 0.15) is 11.4 Å². The summed E-state index contributed by atoms with van der Waals surface area (Å²) < 4.78 is 11.8. The minimum atomic E-state index is -0.510. The van der Waals surface area contributed by atoms with E-state index in [0.29, 0.717) is 22.7 Å². The van der Waals surface area contributed by atoms with Crippen LogP contribution < -0.4 is 11.1 Å². The van der Waals surface area contributed by atoms with Gasteiger partial charge in [-0.25, -0.2) is 4.79 Å². The Morgan fingerprint density at radius 1 is 1.35 bits per heavy atom. The second kappa shape index (κ2) is 5.42. The van der Waals surface area contributed by atoms with Crippen molar-refractivity contribution in [2.45, 2.75) is 26.7 Å². The lowest BCUT2D eigenvalue weighted by atomic mass is 10.1. The highest BCUT2D eigenvalue weighted by Gasteiger charge is 2.21. The molecule has 23 heavy (non-hydrogen) atoms. The summed E-state index contributed by atoms with van der Waals surface area (Å²) in [6.45, 7) is 5.66. The maximum absolute atomic E-state index is 12.6. The molecule has 7 heteroatoms. The molecule has 0 aliphatic heterocycles.